The fourth-order valence-corrected chi connectivity index (χ4v) is 4.23. The molecule has 0 bridgehead atoms. The van der Waals surface area contributed by atoms with Crippen molar-refractivity contribution in [2.45, 2.75) is 46.1 Å². The average molecular weight is 385 g/mol. The normalized spacial score (nSPS) is 17.1. The van der Waals surface area contributed by atoms with Crippen molar-refractivity contribution in [1.29, 1.82) is 0 Å². The van der Waals surface area contributed by atoms with Gasteiger partial charge in [-0.25, -0.2) is 4.98 Å². The van der Waals surface area contributed by atoms with Gasteiger partial charge in [-0.05, 0) is 32.4 Å². The molecule has 2 aromatic rings. The van der Waals surface area contributed by atoms with Gasteiger partial charge >= 0.3 is 0 Å². The van der Waals surface area contributed by atoms with Crippen molar-refractivity contribution in [3.63, 3.8) is 0 Å². The van der Waals surface area contributed by atoms with Gasteiger partial charge in [-0.1, -0.05) is 25.8 Å². The number of carbonyl (C=O) groups excluding carboxylic acids is 2. The summed E-state index contributed by atoms with van der Waals surface area (Å²) in [6.45, 7) is 6.15. The van der Waals surface area contributed by atoms with E-state index < -0.39 is 17.7 Å². The van der Waals surface area contributed by atoms with Gasteiger partial charge in [-0.2, -0.15) is 0 Å². The minimum absolute atomic E-state index is 0.0990. The number of rotatable bonds is 7. The molecule has 27 heavy (non-hydrogen) atoms. The number of nitrogens with zero attached hydrogens (tertiary/aromatic N) is 3. The van der Waals surface area contributed by atoms with Crippen molar-refractivity contribution in [1.82, 2.24) is 14.9 Å². The molecule has 1 aliphatic rings. The van der Waals surface area contributed by atoms with Crippen LogP contribution in [0.4, 0.5) is 0 Å². The monoisotopic (exact) mass is 385 g/mol. The molecule has 0 aliphatic carbocycles. The van der Waals surface area contributed by atoms with Gasteiger partial charge in [0.05, 0.1) is 26.8 Å². The molecule has 1 aliphatic heterocycles. The highest BCUT2D eigenvalue weighted by Crippen LogP contribution is 2.39. The molecule has 0 saturated carbocycles. The molecule has 3 rings (SSSR count). The molecule has 3 heterocycles. The van der Waals surface area contributed by atoms with Crippen LogP contribution in [-0.2, 0) is 4.79 Å². The van der Waals surface area contributed by atoms with Crippen molar-refractivity contribution in [3.8, 4) is 0 Å². The molecular formula is C20H23N3O3S. The third-order valence-corrected chi connectivity index (χ3v) is 5.70. The first kappa shape index (κ1) is 19.2. The zero-order valence-electron chi connectivity index (χ0n) is 15.7. The number of unbranched alkanes of at least 4 members (excludes halogenated alkanes) is 2. The lowest BCUT2D eigenvalue weighted by molar-refractivity contribution is -0.129. The zero-order chi connectivity index (χ0) is 19.6. The average Bonchev–Trinajstić information content (AvgIpc) is 3.12. The molecule has 0 saturated heterocycles. The Morgan fingerprint density at radius 1 is 1.30 bits per heavy atom. The second-order valence-corrected chi connectivity index (χ2v) is 7.80. The SMILES string of the molecule is CCCCCN1C(=O)C(O)=C(C(=O)c2sc(C)nc2C)C1c1ccccn1. The molecule has 1 N–H and O–H groups in total. The number of ketones is 1. The molecule has 0 radical (unpaired) electrons. The molecule has 142 valence electrons. The van der Waals surface area contributed by atoms with Crippen LogP contribution in [0.5, 0.6) is 0 Å². The Morgan fingerprint density at radius 2 is 2.07 bits per heavy atom. The number of hydrogen-bond donors (Lipinski definition) is 1. The van der Waals surface area contributed by atoms with Crippen molar-refractivity contribution < 1.29 is 14.7 Å². The minimum Gasteiger partial charge on any atom is -0.503 e. The van der Waals surface area contributed by atoms with Crippen LogP contribution < -0.4 is 0 Å². The second-order valence-electron chi connectivity index (χ2n) is 6.60. The molecule has 1 amide bonds. The van der Waals surface area contributed by atoms with Gasteiger partial charge in [0.2, 0.25) is 5.78 Å². The maximum Gasteiger partial charge on any atom is 0.290 e. The van der Waals surface area contributed by atoms with Crippen LogP contribution in [-0.4, -0.2) is 38.2 Å². The van der Waals surface area contributed by atoms with Gasteiger partial charge in [0.1, 0.15) is 6.04 Å². The van der Waals surface area contributed by atoms with E-state index >= 15 is 0 Å². The predicted molar refractivity (Wildman–Crippen MR) is 104 cm³/mol. The summed E-state index contributed by atoms with van der Waals surface area (Å²) in [5.41, 5.74) is 1.29. The Hall–Kier alpha value is -2.54. The Morgan fingerprint density at radius 3 is 2.67 bits per heavy atom. The lowest BCUT2D eigenvalue weighted by Crippen LogP contribution is -2.32. The van der Waals surface area contributed by atoms with Crippen LogP contribution >= 0.6 is 11.3 Å². The van der Waals surface area contributed by atoms with E-state index in [1.54, 1.807) is 30.2 Å². The molecule has 2 aromatic heterocycles. The lowest BCUT2D eigenvalue weighted by Gasteiger charge is -2.25. The number of aliphatic hydroxyl groups is 1. The highest BCUT2D eigenvalue weighted by molar-refractivity contribution is 7.14. The number of pyridine rings is 1. The number of amides is 1. The summed E-state index contributed by atoms with van der Waals surface area (Å²) < 4.78 is 0. The van der Waals surface area contributed by atoms with E-state index in [1.807, 2.05) is 13.0 Å². The summed E-state index contributed by atoms with van der Waals surface area (Å²) >= 11 is 1.28. The molecule has 1 unspecified atom stereocenters. The summed E-state index contributed by atoms with van der Waals surface area (Å²) in [5, 5.41) is 11.3. The van der Waals surface area contributed by atoms with Crippen molar-refractivity contribution >= 4 is 23.0 Å². The predicted octanol–water partition coefficient (Wildman–Crippen LogP) is 3.92. The van der Waals surface area contributed by atoms with Gasteiger partial charge in [-0.3, -0.25) is 14.6 Å². The van der Waals surface area contributed by atoms with E-state index in [9.17, 15) is 14.7 Å². The standard InChI is InChI=1S/C20H23N3O3S/c1-4-5-8-11-23-16(14-9-6-7-10-21-14)15(18(25)20(23)26)17(24)19-12(2)22-13(3)27-19/h6-7,9-10,16,25H,4-5,8,11H2,1-3H3. The van der Waals surface area contributed by atoms with Crippen molar-refractivity contribution in [2.75, 3.05) is 6.54 Å². The molecule has 0 fully saturated rings. The first-order valence-electron chi connectivity index (χ1n) is 9.09. The number of hydrogen-bond acceptors (Lipinski definition) is 6. The third-order valence-electron chi connectivity index (χ3n) is 4.63. The first-order valence-corrected chi connectivity index (χ1v) is 9.91. The van der Waals surface area contributed by atoms with Gasteiger partial charge in [-0.15, -0.1) is 11.3 Å². The zero-order valence-corrected chi connectivity index (χ0v) is 16.5. The Kier molecular flexibility index (Phi) is 5.70. The summed E-state index contributed by atoms with van der Waals surface area (Å²) in [5.74, 6) is -1.33. The maximum atomic E-state index is 13.2. The van der Waals surface area contributed by atoms with Crippen LogP contribution in [0.2, 0.25) is 0 Å². The summed E-state index contributed by atoms with van der Waals surface area (Å²) in [6, 6.07) is 4.70. The van der Waals surface area contributed by atoms with Crippen LogP contribution in [0.1, 0.15) is 58.3 Å². The Bertz CT molecular complexity index is 889. The van der Waals surface area contributed by atoms with E-state index in [0.29, 0.717) is 22.8 Å². The van der Waals surface area contributed by atoms with E-state index in [4.69, 9.17) is 0 Å². The minimum atomic E-state index is -0.676. The number of Topliss-reactive ketones (excluding diaryl/α,β-unsaturated/α-hetero) is 1. The quantitative estimate of drug-likeness (QED) is 0.577. The fraction of sp³-hybridized carbons (Fsp3) is 0.400. The Labute approximate surface area is 162 Å². The smallest absolute Gasteiger partial charge is 0.290 e. The summed E-state index contributed by atoms with van der Waals surface area (Å²) in [6.07, 6.45) is 4.42. The summed E-state index contributed by atoms with van der Waals surface area (Å²) in [4.78, 5) is 36.7. The van der Waals surface area contributed by atoms with Crippen LogP contribution in [0.3, 0.4) is 0 Å². The van der Waals surface area contributed by atoms with Gasteiger partial charge in [0.25, 0.3) is 5.91 Å². The molecule has 6 nitrogen and oxygen atoms in total. The molecule has 1 atom stereocenters. The molecule has 0 aromatic carbocycles. The molecule has 7 heteroatoms. The Balaban J connectivity index is 2.04. The number of carbonyl (C=O) groups is 2. The highest BCUT2D eigenvalue weighted by Gasteiger charge is 2.44. The number of thiazole rings is 1. The third kappa shape index (κ3) is 3.64. The lowest BCUT2D eigenvalue weighted by atomic mass is 9.98. The van der Waals surface area contributed by atoms with Gasteiger partial charge in [0, 0.05) is 12.7 Å². The highest BCUT2D eigenvalue weighted by atomic mass is 32.1. The van der Waals surface area contributed by atoms with Gasteiger partial charge < -0.3 is 10.0 Å². The number of aromatic nitrogens is 2. The fourth-order valence-electron chi connectivity index (χ4n) is 3.36. The van der Waals surface area contributed by atoms with E-state index in [1.165, 1.54) is 11.3 Å². The van der Waals surface area contributed by atoms with Crippen LogP contribution in [0.25, 0.3) is 0 Å². The number of aryl methyl sites for hydroxylation is 2. The maximum absolute atomic E-state index is 13.2. The van der Waals surface area contributed by atoms with E-state index in [-0.39, 0.29) is 11.4 Å². The van der Waals surface area contributed by atoms with E-state index in [2.05, 4.69) is 16.9 Å². The number of aliphatic hydroxyl groups excluding tert-OH is 1. The first-order chi connectivity index (χ1) is 13.0. The van der Waals surface area contributed by atoms with Crippen molar-refractivity contribution in [2.24, 2.45) is 0 Å². The summed E-state index contributed by atoms with van der Waals surface area (Å²) in [7, 11) is 0. The van der Waals surface area contributed by atoms with Crippen LogP contribution in [0.15, 0.2) is 35.7 Å². The second kappa shape index (κ2) is 8.00. The van der Waals surface area contributed by atoms with Crippen molar-refractivity contribution in [3.05, 3.63) is 57.0 Å². The van der Waals surface area contributed by atoms with Gasteiger partial charge in [0.15, 0.2) is 5.76 Å². The van der Waals surface area contributed by atoms with E-state index in [0.717, 1.165) is 24.3 Å². The van der Waals surface area contributed by atoms with Crippen LogP contribution in [0, 0.1) is 13.8 Å². The molecular weight excluding hydrogens is 362 g/mol. The molecule has 0 spiro atoms. The topological polar surface area (TPSA) is 83.4 Å². The largest absolute Gasteiger partial charge is 0.503 e.